The lowest BCUT2D eigenvalue weighted by Crippen LogP contribution is -2.32. The highest BCUT2D eigenvalue weighted by molar-refractivity contribution is 7.98. The van der Waals surface area contributed by atoms with Crippen LogP contribution in [0.3, 0.4) is 0 Å². The Balaban J connectivity index is -0.000000187. The van der Waals surface area contributed by atoms with Gasteiger partial charge in [-0.3, -0.25) is 9.88 Å². The minimum absolute atomic E-state index is 0. The largest absolute Gasteiger partial charge is 0.448 e. The highest BCUT2D eigenvalue weighted by atomic mass is 32.2. The molecule has 4 N–H and O–H groups in total. The second-order valence-electron chi connectivity index (χ2n) is 9.01. The standard InChI is InChI=1S/C13H14N2O2S.C9H10F2N2O.C5H13O3P.C3H8.C2H6.3H2/c1-18-7-6-17-13(16)15-12-8-10-4-2-3-5-11(10)9-14-12;1-12-9(14)13-5-6-3-2-4-7(10)8(6)11;1-3-4-5-8-9(2,6)7;1-3-2;1-2;;;/h2-5,8-9H,6-7H2,1H3,(H,14,15,16);2-4H,5H2,1H3,(H2,12,13,14);3-5H2,1-2H3,(H,6,7);3H2,1-2H3;1-2H3;3*1H. The van der Waals surface area contributed by atoms with Gasteiger partial charge in [0.1, 0.15) is 12.4 Å². The van der Waals surface area contributed by atoms with Gasteiger partial charge in [0, 0.05) is 47.4 Å². The van der Waals surface area contributed by atoms with Crippen LogP contribution in [0.1, 0.15) is 63.7 Å². The lowest BCUT2D eigenvalue weighted by Gasteiger charge is -2.06. The third-order valence-electron chi connectivity index (χ3n) is 4.91. The fourth-order valence-corrected chi connectivity index (χ4v) is 3.56. The number of amides is 3. The molecular formula is C32H57F2N4O6PS. The van der Waals surface area contributed by atoms with Crippen LogP contribution < -0.4 is 16.0 Å². The van der Waals surface area contributed by atoms with Gasteiger partial charge in [0.05, 0.1) is 6.61 Å². The van der Waals surface area contributed by atoms with Crippen molar-refractivity contribution in [3.63, 3.8) is 0 Å². The van der Waals surface area contributed by atoms with Gasteiger partial charge in [-0.25, -0.2) is 23.4 Å². The van der Waals surface area contributed by atoms with Gasteiger partial charge in [-0.15, -0.1) is 0 Å². The fourth-order valence-electron chi connectivity index (χ4n) is 2.84. The second-order valence-corrected chi connectivity index (χ2v) is 11.9. The number of urea groups is 1. The monoisotopic (exact) mass is 694 g/mol. The van der Waals surface area contributed by atoms with Crippen molar-refractivity contribution in [2.75, 3.05) is 44.3 Å². The smallest absolute Gasteiger partial charge is 0.412 e. The molecule has 1 atom stereocenters. The number of anilines is 1. The number of unbranched alkanes of at least 4 members (excludes halogenated alkanes) is 1. The number of rotatable bonds is 10. The van der Waals surface area contributed by atoms with Crippen LogP contribution >= 0.6 is 19.4 Å². The molecule has 46 heavy (non-hydrogen) atoms. The van der Waals surface area contributed by atoms with Crippen LogP contribution in [0, 0.1) is 11.6 Å². The molecule has 14 heteroatoms. The van der Waals surface area contributed by atoms with Crippen molar-refractivity contribution >= 4 is 48.1 Å². The minimum Gasteiger partial charge on any atom is -0.448 e. The minimum atomic E-state index is -3.20. The summed E-state index contributed by atoms with van der Waals surface area (Å²) >= 11 is 1.63. The maximum absolute atomic E-state index is 13.0. The van der Waals surface area contributed by atoms with Crippen molar-refractivity contribution in [2.45, 2.75) is 60.4 Å². The van der Waals surface area contributed by atoms with Crippen molar-refractivity contribution < 1.29 is 41.4 Å². The number of ether oxygens (including phenoxy) is 1. The number of benzene rings is 2. The first kappa shape index (κ1) is 44.9. The molecule has 1 unspecified atom stereocenters. The number of aromatic nitrogens is 1. The lowest BCUT2D eigenvalue weighted by molar-refractivity contribution is 0.169. The molecule has 0 fully saturated rings. The first-order valence-electron chi connectivity index (χ1n) is 15.0. The number of fused-ring (bicyclic) bond motifs is 1. The zero-order valence-corrected chi connectivity index (χ0v) is 29.9. The Hall–Kier alpha value is -3.25. The van der Waals surface area contributed by atoms with Crippen molar-refractivity contribution in [3.05, 3.63) is 71.9 Å². The summed E-state index contributed by atoms with van der Waals surface area (Å²) in [6.07, 6.45) is 6.31. The van der Waals surface area contributed by atoms with Gasteiger partial charge in [0.15, 0.2) is 11.6 Å². The average Bonchev–Trinajstić information content (AvgIpc) is 3.03. The molecule has 0 spiro atoms. The van der Waals surface area contributed by atoms with Crippen LogP contribution in [0.4, 0.5) is 24.2 Å². The van der Waals surface area contributed by atoms with Gasteiger partial charge in [0.2, 0.25) is 0 Å². The van der Waals surface area contributed by atoms with Gasteiger partial charge in [0.25, 0.3) is 0 Å². The van der Waals surface area contributed by atoms with Crippen molar-refractivity contribution in [2.24, 2.45) is 0 Å². The zero-order valence-electron chi connectivity index (χ0n) is 28.2. The van der Waals surface area contributed by atoms with Crippen LogP contribution in [0.2, 0.25) is 0 Å². The molecule has 0 aliphatic carbocycles. The number of pyridine rings is 1. The van der Waals surface area contributed by atoms with Crippen molar-refractivity contribution in [1.82, 2.24) is 15.6 Å². The first-order valence-corrected chi connectivity index (χ1v) is 18.4. The Morgan fingerprint density at radius 3 is 2.24 bits per heavy atom. The van der Waals surface area contributed by atoms with E-state index in [0.29, 0.717) is 19.0 Å². The van der Waals surface area contributed by atoms with Gasteiger partial charge >= 0.3 is 19.7 Å². The maximum atomic E-state index is 13.0. The summed E-state index contributed by atoms with van der Waals surface area (Å²) in [7, 11) is -1.75. The van der Waals surface area contributed by atoms with E-state index >= 15 is 0 Å². The summed E-state index contributed by atoms with van der Waals surface area (Å²) in [4.78, 5) is 34.9. The van der Waals surface area contributed by atoms with Crippen molar-refractivity contribution in [1.29, 1.82) is 0 Å². The van der Waals surface area contributed by atoms with E-state index in [1.807, 2.05) is 57.4 Å². The molecule has 3 aromatic rings. The molecule has 266 valence electrons. The molecule has 2 aromatic carbocycles. The Kier molecular flexibility index (Phi) is 27.3. The highest BCUT2D eigenvalue weighted by Gasteiger charge is 2.08. The molecule has 1 heterocycles. The number of nitrogens with one attached hydrogen (secondary N) is 3. The van der Waals surface area contributed by atoms with Gasteiger partial charge in [-0.05, 0) is 30.2 Å². The van der Waals surface area contributed by atoms with Gasteiger partial charge in [-0.2, -0.15) is 11.8 Å². The van der Waals surface area contributed by atoms with Gasteiger partial charge in [-0.1, -0.05) is 83.9 Å². The predicted molar refractivity (Wildman–Crippen MR) is 193 cm³/mol. The third kappa shape index (κ3) is 23.1. The van der Waals surface area contributed by atoms with E-state index < -0.39 is 31.4 Å². The second kappa shape index (κ2) is 28.0. The highest BCUT2D eigenvalue weighted by Crippen LogP contribution is 2.36. The zero-order chi connectivity index (χ0) is 35.4. The van der Waals surface area contributed by atoms with E-state index in [1.54, 1.807) is 18.0 Å². The van der Waals surface area contributed by atoms with E-state index in [9.17, 15) is 22.9 Å². The molecule has 0 saturated carbocycles. The number of carbonyl (C=O) groups excluding carboxylic acids is 2. The number of thioether (sulfide) groups is 1. The number of halogens is 2. The molecule has 0 aliphatic rings. The summed E-state index contributed by atoms with van der Waals surface area (Å²) in [5.41, 5.74) is 0.119. The Labute approximate surface area is 281 Å². The molecule has 1 aromatic heterocycles. The molecular weight excluding hydrogens is 637 g/mol. The van der Waals surface area contributed by atoms with Crippen LogP contribution in [-0.4, -0.2) is 60.9 Å². The van der Waals surface area contributed by atoms with Crippen LogP contribution in [-0.2, 0) is 20.4 Å². The Morgan fingerprint density at radius 2 is 1.67 bits per heavy atom. The number of hydrogen-bond donors (Lipinski definition) is 4. The summed E-state index contributed by atoms with van der Waals surface area (Å²) in [5.74, 6) is -0.550. The summed E-state index contributed by atoms with van der Waals surface area (Å²) in [6.45, 7) is 12.2. The first-order chi connectivity index (χ1) is 21.9. The molecule has 10 nitrogen and oxygen atoms in total. The maximum Gasteiger partial charge on any atom is 0.412 e. The van der Waals surface area contributed by atoms with E-state index in [-0.39, 0.29) is 16.4 Å². The van der Waals surface area contributed by atoms with Crippen molar-refractivity contribution in [3.8, 4) is 0 Å². The van der Waals surface area contributed by atoms with Crippen LogP contribution in [0.25, 0.3) is 10.8 Å². The van der Waals surface area contributed by atoms with E-state index in [1.165, 1.54) is 32.3 Å². The van der Waals surface area contributed by atoms with Crippen LogP contribution in [0.15, 0.2) is 54.7 Å². The fraction of sp³-hybridized carbons (Fsp3) is 0.469. The molecule has 0 radical (unpaired) electrons. The quantitative estimate of drug-likeness (QED) is 0.122. The summed E-state index contributed by atoms with van der Waals surface area (Å²) < 4.78 is 45.7. The molecule has 0 saturated heterocycles. The SMILES string of the molecule is CC.CCC.CCCCOP(C)(=O)O.CNC(=O)NCc1cccc(F)c1F.CSCCOC(=O)Nc1cc2ccccc2cn1.[HH].[HH].[HH]. The molecule has 3 rings (SSSR count). The third-order valence-corrected chi connectivity index (χ3v) is 6.15. The normalized spacial score (nSPS) is 10.8. The molecule has 0 aliphatic heterocycles. The van der Waals surface area contributed by atoms with Crippen LogP contribution in [0.5, 0.6) is 0 Å². The molecule has 3 amide bonds. The van der Waals surface area contributed by atoms with Gasteiger partial charge < -0.3 is 24.8 Å². The topological polar surface area (TPSA) is 139 Å². The summed E-state index contributed by atoms with van der Waals surface area (Å²) in [5, 5.41) is 9.35. The van der Waals surface area contributed by atoms with E-state index in [4.69, 9.17) is 9.63 Å². The Morgan fingerprint density at radius 1 is 1.04 bits per heavy atom. The number of carbonyl (C=O) groups is 2. The number of hydrogen-bond acceptors (Lipinski definition) is 7. The lowest BCUT2D eigenvalue weighted by atomic mass is 10.2. The number of nitrogens with zero attached hydrogens (tertiary/aromatic N) is 1. The Bertz CT molecular complexity index is 1320. The molecule has 0 bridgehead atoms. The van der Waals surface area contributed by atoms with E-state index in [0.717, 1.165) is 35.4 Å². The van der Waals surface area contributed by atoms with E-state index in [2.05, 4.69) is 39.3 Å². The summed E-state index contributed by atoms with van der Waals surface area (Å²) in [6, 6.07) is 13.1. The average molecular weight is 695 g/mol. The predicted octanol–water partition coefficient (Wildman–Crippen LogP) is 9.34.